The molecule has 0 saturated carbocycles. The summed E-state index contributed by atoms with van der Waals surface area (Å²) in [6.07, 6.45) is -2.36. The zero-order valence-corrected chi connectivity index (χ0v) is 11.6. The molecule has 0 unspecified atom stereocenters. The van der Waals surface area contributed by atoms with Crippen LogP contribution in [-0.4, -0.2) is 41.8 Å². The van der Waals surface area contributed by atoms with Crippen LogP contribution in [0.2, 0.25) is 0 Å². The molecular formula is C15H14O8. The first-order chi connectivity index (χ1) is 10.8. The molecule has 0 bridgehead atoms. The Morgan fingerprint density at radius 3 is 2.13 bits per heavy atom. The number of hydrogen-bond acceptors (Lipinski definition) is 8. The molecule has 1 aliphatic rings. The Morgan fingerprint density at radius 1 is 0.826 bits per heavy atom. The van der Waals surface area contributed by atoms with Gasteiger partial charge in [0.2, 0.25) is 17.2 Å². The van der Waals surface area contributed by atoms with Crippen LogP contribution >= 0.6 is 0 Å². The lowest BCUT2D eigenvalue weighted by molar-refractivity contribution is 0.0175. The maximum Gasteiger partial charge on any atom is 0.208 e. The van der Waals surface area contributed by atoms with Gasteiger partial charge in [-0.2, -0.15) is 0 Å². The molecule has 23 heavy (non-hydrogen) atoms. The van der Waals surface area contributed by atoms with E-state index in [2.05, 4.69) is 0 Å². The predicted molar refractivity (Wildman–Crippen MR) is 76.0 cm³/mol. The third kappa shape index (κ3) is 2.20. The Hall–Kier alpha value is -3.00. The fourth-order valence-electron chi connectivity index (χ4n) is 2.57. The first-order valence-corrected chi connectivity index (χ1v) is 6.66. The van der Waals surface area contributed by atoms with Crippen LogP contribution in [0.25, 0.3) is 0 Å². The number of aliphatic hydroxyl groups is 1. The van der Waals surface area contributed by atoms with Crippen LogP contribution in [0.15, 0.2) is 18.2 Å². The average Bonchev–Trinajstić information content (AvgIpc) is 2.53. The SMILES string of the molecule is Oc1ccc([C@@H]2Oc3c(O)c(O)c(O)c(O)c3C[C@@H]2O)cc1O. The Labute approximate surface area is 129 Å². The summed E-state index contributed by atoms with van der Waals surface area (Å²) in [7, 11) is 0. The first kappa shape index (κ1) is 14.9. The molecule has 3 rings (SSSR count). The molecule has 8 heteroatoms. The molecule has 0 spiro atoms. The van der Waals surface area contributed by atoms with Crippen molar-refractivity contribution >= 4 is 0 Å². The predicted octanol–water partition coefficient (Wildman–Crippen LogP) is 0.957. The summed E-state index contributed by atoms with van der Waals surface area (Å²) in [5.41, 5.74) is 0.259. The molecule has 0 saturated heterocycles. The van der Waals surface area contributed by atoms with E-state index < -0.39 is 41.0 Å². The fraction of sp³-hybridized carbons (Fsp3) is 0.200. The molecule has 1 aliphatic heterocycles. The zero-order chi connectivity index (χ0) is 16.9. The maximum atomic E-state index is 10.2. The lowest BCUT2D eigenvalue weighted by Crippen LogP contribution is -2.30. The number of rotatable bonds is 1. The summed E-state index contributed by atoms with van der Waals surface area (Å²) in [5.74, 6) is -4.34. The summed E-state index contributed by atoms with van der Waals surface area (Å²) in [4.78, 5) is 0. The molecule has 0 amide bonds. The summed E-state index contributed by atoms with van der Waals surface area (Å²) < 4.78 is 5.45. The van der Waals surface area contributed by atoms with E-state index in [0.717, 1.165) is 0 Å². The van der Waals surface area contributed by atoms with E-state index >= 15 is 0 Å². The summed E-state index contributed by atoms with van der Waals surface area (Å²) in [6.45, 7) is 0. The molecule has 0 radical (unpaired) electrons. The third-order valence-corrected chi connectivity index (χ3v) is 3.78. The Kier molecular flexibility index (Phi) is 3.26. The van der Waals surface area contributed by atoms with Crippen molar-refractivity contribution in [2.45, 2.75) is 18.6 Å². The zero-order valence-electron chi connectivity index (χ0n) is 11.6. The van der Waals surface area contributed by atoms with Crippen LogP contribution in [0.5, 0.6) is 40.2 Å². The molecule has 0 aliphatic carbocycles. The van der Waals surface area contributed by atoms with Gasteiger partial charge in [0.05, 0.1) is 6.10 Å². The van der Waals surface area contributed by atoms with E-state index in [1.54, 1.807) is 0 Å². The summed E-state index contributed by atoms with van der Waals surface area (Å²) >= 11 is 0. The minimum atomic E-state index is -1.17. The Balaban J connectivity index is 2.08. The Morgan fingerprint density at radius 2 is 1.48 bits per heavy atom. The van der Waals surface area contributed by atoms with Gasteiger partial charge in [-0.15, -0.1) is 0 Å². The number of hydrogen-bond donors (Lipinski definition) is 7. The van der Waals surface area contributed by atoms with Crippen LogP contribution in [0.1, 0.15) is 17.2 Å². The molecular weight excluding hydrogens is 308 g/mol. The van der Waals surface area contributed by atoms with Gasteiger partial charge in [0, 0.05) is 12.0 Å². The van der Waals surface area contributed by atoms with Gasteiger partial charge in [-0.25, -0.2) is 0 Å². The highest BCUT2D eigenvalue weighted by Gasteiger charge is 2.36. The second kappa shape index (κ2) is 5.03. The van der Waals surface area contributed by atoms with E-state index in [0.29, 0.717) is 5.56 Å². The number of benzene rings is 2. The highest BCUT2D eigenvalue weighted by atomic mass is 16.5. The van der Waals surface area contributed by atoms with Gasteiger partial charge < -0.3 is 40.5 Å². The second-order valence-electron chi connectivity index (χ2n) is 5.26. The summed E-state index contributed by atoms with van der Waals surface area (Å²) in [6, 6.07) is 3.80. The van der Waals surface area contributed by atoms with Crippen molar-refractivity contribution in [2.75, 3.05) is 0 Å². The van der Waals surface area contributed by atoms with Crippen molar-refractivity contribution in [3.63, 3.8) is 0 Å². The highest BCUT2D eigenvalue weighted by molar-refractivity contribution is 5.68. The van der Waals surface area contributed by atoms with E-state index in [1.165, 1.54) is 18.2 Å². The lowest BCUT2D eigenvalue weighted by Gasteiger charge is -2.32. The topological polar surface area (TPSA) is 151 Å². The number of fused-ring (bicyclic) bond motifs is 1. The molecule has 2 aromatic carbocycles. The van der Waals surface area contributed by atoms with E-state index in [9.17, 15) is 35.7 Å². The monoisotopic (exact) mass is 322 g/mol. The number of aliphatic hydroxyl groups excluding tert-OH is 1. The third-order valence-electron chi connectivity index (χ3n) is 3.78. The smallest absolute Gasteiger partial charge is 0.208 e. The van der Waals surface area contributed by atoms with Gasteiger partial charge in [0.15, 0.2) is 29.1 Å². The molecule has 0 fully saturated rings. The molecule has 122 valence electrons. The van der Waals surface area contributed by atoms with Crippen molar-refractivity contribution < 1.29 is 40.5 Å². The first-order valence-electron chi connectivity index (χ1n) is 6.66. The van der Waals surface area contributed by atoms with Crippen molar-refractivity contribution in [3.05, 3.63) is 29.3 Å². The minimum absolute atomic E-state index is 0.0513. The quantitative estimate of drug-likeness (QED) is 0.303. The number of phenolic OH excluding ortho intramolecular Hbond substituents is 6. The minimum Gasteiger partial charge on any atom is -0.504 e. The molecule has 2 aromatic rings. The van der Waals surface area contributed by atoms with E-state index in [-0.39, 0.29) is 23.5 Å². The van der Waals surface area contributed by atoms with Crippen LogP contribution in [-0.2, 0) is 6.42 Å². The Bertz CT molecular complexity index is 786. The second-order valence-corrected chi connectivity index (χ2v) is 5.26. The summed E-state index contributed by atoms with van der Waals surface area (Å²) in [5, 5.41) is 67.9. The van der Waals surface area contributed by atoms with Crippen molar-refractivity contribution in [2.24, 2.45) is 0 Å². The molecule has 0 aromatic heterocycles. The van der Waals surface area contributed by atoms with Gasteiger partial charge in [0.1, 0.15) is 0 Å². The number of aromatic hydroxyl groups is 6. The van der Waals surface area contributed by atoms with Crippen LogP contribution in [0.4, 0.5) is 0 Å². The average molecular weight is 322 g/mol. The molecule has 8 nitrogen and oxygen atoms in total. The molecule has 1 heterocycles. The van der Waals surface area contributed by atoms with Crippen molar-refractivity contribution in [1.29, 1.82) is 0 Å². The standard InChI is InChI=1S/C15H14O8/c16-7-2-1-5(3-8(7)17)14-9(18)4-6-10(19)11(20)12(21)13(22)15(6)23-14/h1-3,9,14,16-22H,4H2/t9-,14-/m0/s1. The van der Waals surface area contributed by atoms with Crippen LogP contribution in [0, 0.1) is 0 Å². The van der Waals surface area contributed by atoms with E-state index in [1.807, 2.05) is 0 Å². The van der Waals surface area contributed by atoms with Crippen LogP contribution < -0.4 is 4.74 Å². The van der Waals surface area contributed by atoms with Crippen molar-refractivity contribution in [1.82, 2.24) is 0 Å². The normalized spacial score (nSPS) is 19.9. The molecule has 7 N–H and O–H groups in total. The maximum absolute atomic E-state index is 10.2. The fourth-order valence-corrected chi connectivity index (χ4v) is 2.57. The van der Waals surface area contributed by atoms with Gasteiger partial charge in [-0.05, 0) is 17.7 Å². The van der Waals surface area contributed by atoms with Gasteiger partial charge in [-0.3, -0.25) is 0 Å². The van der Waals surface area contributed by atoms with Crippen molar-refractivity contribution in [3.8, 4) is 40.2 Å². The highest BCUT2D eigenvalue weighted by Crippen LogP contribution is 2.54. The van der Waals surface area contributed by atoms with Gasteiger partial charge in [0.25, 0.3) is 0 Å². The lowest BCUT2D eigenvalue weighted by atomic mass is 9.93. The van der Waals surface area contributed by atoms with Gasteiger partial charge in [-0.1, -0.05) is 6.07 Å². The molecule has 2 atom stereocenters. The van der Waals surface area contributed by atoms with E-state index in [4.69, 9.17) is 4.74 Å². The number of phenols is 6. The van der Waals surface area contributed by atoms with Crippen LogP contribution in [0.3, 0.4) is 0 Å². The largest absolute Gasteiger partial charge is 0.504 e. The number of ether oxygens (including phenoxy) is 1. The van der Waals surface area contributed by atoms with Gasteiger partial charge >= 0.3 is 0 Å².